The molecule has 2 atom stereocenters. The predicted molar refractivity (Wildman–Crippen MR) is 69.8 cm³/mol. The number of hydrogen-bond donors (Lipinski definition) is 1. The molecule has 0 aliphatic heterocycles. The Kier molecular flexibility index (Phi) is 3.99. The maximum Gasteiger partial charge on any atom is 0.223 e. The number of nitriles is 1. The van der Waals surface area contributed by atoms with Crippen LogP contribution in [0.25, 0.3) is 0 Å². The zero-order valence-corrected chi connectivity index (χ0v) is 10.6. The van der Waals surface area contributed by atoms with Crippen molar-refractivity contribution < 1.29 is 4.79 Å². The largest absolute Gasteiger partial charge is 0.352 e. The predicted octanol–water partition coefficient (Wildman–Crippen LogP) is 2.21. The second kappa shape index (κ2) is 5.68. The maximum atomic E-state index is 12.1. The van der Waals surface area contributed by atoms with E-state index in [9.17, 15) is 4.79 Å². The van der Waals surface area contributed by atoms with Crippen LogP contribution in [0.2, 0.25) is 0 Å². The first-order chi connectivity index (χ1) is 8.70. The number of hydrogen-bond acceptors (Lipinski definition) is 2. The zero-order valence-electron chi connectivity index (χ0n) is 10.6. The molecule has 0 bridgehead atoms. The standard InChI is InChI=1S/C15H18N2O/c1-11(8-9-16)17-15(18)14-7-6-12-4-2-3-5-13(12)10-14/h2-5,11,14H,6-8,10H2,1H3,(H,17,18). The third kappa shape index (κ3) is 2.89. The van der Waals surface area contributed by atoms with E-state index in [4.69, 9.17) is 5.26 Å². The first-order valence-corrected chi connectivity index (χ1v) is 6.45. The molecule has 1 aliphatic rings. The van der Waals surface area contributed by atoms with Crippen molar-refractivity contribution in [3.05, 3.63) is 35.4 Å². The van der Waals surface area contributed by atoms with Crippen LogP contribution in [0.3, 0.4) is 0 Å². The van der Waals surface area contributed by atoms with E-state index < -0.39 is 0 Å². The lowest BCUT2D eigenvalue weighted by molar-refractivity contribution is -0.125. The van der Waals surface area contributed by atoms with Crippen molar-refractivity contribution in [2.75, 3.05) is 0 Å². The van der Waals surface area contributed by atoms with E-state index in [0.29, 0.717) is 6.42 Å². The van der Waals surface area contributed by atoms with E-state index in [0.717, 1.165) is 19.3 Å². The lowest BCUT2D eigenvalue weighted by atomic mass is 9.83. The van der Waals surface area contributed by atoms with Gasteiger partial charge in [0, 0.05) is 12.0 Å². The van der Waals surface area contributed by atoms with Gasteiger partial charge in [0.05, 0.1) is 12.5 Å². The number of nitrogens with zero attached hydrogens (tertiary/aromatic N) is 1. The Morgan fingerprint density at radius 2 is 2.22 bits per heavy atom. The second-order valence-corrected chi connectivity index (χ2v) is 4.98. The molecule has 2 unspecified atom stereocenters. The molecule has 3 heteroatoms. The second-order valence-electron chi connectivity index (χ2n) is 4.98. The molecular formula is C15H18N2O. The Morgan fingerprint density at radius 3 is 2.94 bits per heavy atom. The van der Waals surface area contributed by atoms with Gasteiger partial charge in [0.1, 0.15) is 0 Å². The molecule has 18 heavy (non-hydrogen) atoms. The molecule has 3 nitrogen and oxygen atoms in total. The zero-order chi connectivity index (χ0) is 13.0. The Balaban J connectivity index is 1.97. The van der Waals surface area contributed by atoms with Crippen molar-refractivity contribution >= 4 is 5.91 Å². The van der Waals surface area contributed by atoms with Gasteiger partial charge in [0.25, 0.3) is 0 Å². The van der Waals surface area contributed by atoms with Crippen molar-refractivity contribution in [3.63, 3.8) is 0 Å². The van der Waals surface area contributed by atoms with Gasteiger partial charge in [-0.25, -0.2) is 0 Å². The molecule has 0 radical (unpaired) electrons. The highest BCUT2D eigenvalue weighted by molar-refractivity contribution is 5.79. The summed E-state index contributed by atoms with van der Waals surface area (Å²) in [6, 6.07) is 10.3. The number of carbonyl (C=O) groups is 1. The van der Waals surface area contributed by atoms with Gasteiger partial charge >= 0.3 is 0 Å². The Labute approximate surface area is 108 Å². The smallest absolute Gasteiger partial charge is 0.223 e. The summed E-state index contributed by atoms with van der Waals surface area (Å²) < 4.78 is 0. The number of nitrogens with one attached hydrogen (secondary N) is 1. The van der Waals surface area contributed by atoms with Crippen molar-refractivity contribution in [2.24, 2.45) is 5.92 Å². The third-order valence-electron chi connectivity index (χ3n) is 3.50. The van der Waals surface area contributed by atoms with Gasteiger partial charge in [-0.15, -0.1) is 0 Å². The van der Waals surface area contributed by atoms with Gasteiger partial charge < -0.3 is 5.32 Å². The van der Waals surface area contributed by atoms with Crippen LogP contribution in [0.4, 0.5) is 0 Å². The molecule has 0 saturated heterocycles. The quantitative estimate of drug-likeness (QED) is 0.883. The molecular weight excluding hydrogens is 224 g/mol. The number of fused-ring (bicyclic) bond motifs is 1. The van der Waals surface area contributed by atoms with Crippen molar-refractivity contribution in [3.8, 4) is 6.07 Å². The molecule has 1 amide bonds. The summed E-state index contributed by atoms with van der Waals surface area (Å²) in [7, 11) is 0. The van der Waals surface area contributed by atoms with Crippen LogP contribution in [0.15, 0.2) is 24.3 Å². The average Bonchev–Trinajstić information content (AvgIpc) is 2.38. The molecule has 1 aromatic carbocycles. The van der Waals surface area contributed by atoms with Crippen LogP contribution in [-0.2, 0) is 17.6 Å². The minimum Gasteiger partial charge on any atom is -0.352 e. The van der Waals surface area contributed by atoms with Gasteiger partial charge in [0.15, 0.2) is 0 Å². The summed E-state index contributed by atoms with van der Waals surface area (Å²) in [6.07, 6.45) is 3.07. The number of benzene rings is 1. The summed E-state index contributed by atoms with van der Waals surface area (Å²) in [5.41, 5.74) is 2.66. The Bertz CT molecular complexity index is 476. The van der Waals surface area contributed by atoms with Crippen molar-refractivity contribution in [1.82, 2.24) is 5.32 Å². The Morgan fingerprint density at radius 1 is 1.50 bits per heavy atom. The highest BCUT2D eigenvalue weighted by Gasteiger charge is 2.24. The molecule has 0 aromatic heterocycles. The normalized spacial score (nSPS) is 19.4. The van der Waals surface area contributed by atoms with E-state index in [1.54, 1.807) is 0 Å². The van der Waals surface area contributed by atoms with Crippen molar-refractivity contribution in [1.29, 1.82) is 5.26 Å². The van der Waals surface area contributed by atoms with E-state index in [1.807, 2.05) is 19.1 Å². The van der Waals surface area contributed by atoms with Crippen molar-refractivity contribution in [2.45, 2.75) is 38.6 Å². The molecule has 1 N–H and O–H groups in total. The molecule has 0 saturated carbocycles. The van der Waals surface area contributed by atoms with Crippen LogP contribution in [0.5, 0.6) is 0 Å². The lowest BCUT2D eigenvalue weighted by Crippen LogP contribution is -2.39. The first-order valence-electron chi connectivity index (χ1n) is 6.45. The number of amides is 1. The average molecular weight is 242 g/mol. The highest BCUT2D eigenvalue weighted by Crippen LogP contribution is 2.25. The summed E-state index contributed by atoms with van der Waals surface area (Å²) in [5, 5.41) is 11.5. The number of rotatable bonds is 3. The summed E-state index contributed by atoms with van der Waals surface area (Å²) in [6.45, 7) is 1.87. The fraction of sp³-hybridized carbons (Fsp3) is 0.467. The minimum absolute atomic E-state index is 0.0559. The molecule has 0 heterocycles. The van der Waals surface area contributed by atoms with Crippen LogP contribution in [-0.4, -0.2) is 11.9 Å². The lowest BCUT2D eigenvalue weighted by Gasteiger charge is -2.24. The van der Waals surface area contributed by atoms with Gasteiger partial charge in [-0.05, 0) is 37.3 Å². The van der Waals surface area contributed by atoms with Crippen LogP contribution < -0.4 is 5.32 Å². The molecule has 1 aromatic rings. The molecule has 1 aliphatic carbocycles. The van der Waals surface area contributed by atoms with Crippen LogP contribution in [0, 0.1) is 17.2 Å². The molecule has 94 valence electrons. The molecule has 0 spiro atoms. The summed E-state index contributed by atoms with van der Waals surface area (Å²) >= 11 is 0. The highest BCUT2D eigenvalue weighted by atomic mass is 16.1. The monoisotopic (exact) mass is 242 g/mol. The minimum atomic E-state index is -0.0559. The van der Waals surface area contributed by atoms with Gasteiger partial charge in [0.2, 0.25) is 5.91 Å². The van der Waals surface area contributed by atoms with E-state index in [-0.39, 0.29) is 17.9 Å². The summed E-state index contributed by atoms with van der Waals surface area (Å²) in [4.78, 5) is 12.1. The molecule has 2 rings (SSSR count). The molecule has 0 fully saturated rings. The van der Waals surface area contributed by atoms with Crippen LogP contribution >= 0.6 is 0 Å². The van der Waals surface area contributed by atoms with Gasteiger partial charge in [-0.1, -0.05) is 24.3 Å². The third-order valence-corrected chi connectivity index (χ3v) is 3.50. The topological polar surface area (TPSA) is 52.9 Å². The number of carbonyl (C=O) groups excluding carboxylic acids is 1. The number of aryl methyl sites for hydroxylation is 1. The fourth-order valence-corrected chi connectivity index (χ4v) is 2.47. The fourth-order valence-electron chi connectivity index (χ4n) is 2.47. The Hall–Kier alpha value is -1.82. The van der Waals surface area contributed by atoms with Crippen LogP contribution in [0.1, 0.15) is 30.9 Å². The first kappa shape index (κ1) is 12.6. The summed E-state index contributed by atoms with van der Waals surface area (Å²) in [5.74, 6) is 0.147. The van der Waals surface area contributed by atoms with Gasteiger partial charge in [-0.2, -0.15) is 5.26 Å². The SMILES string of the molecule is CC(CC#N)NC(=O)C1CCc2ccccc2C1. The van der Waals surface area contributed by atoms with E-state index in [1.165, 1.54) is 11.1 Å². The van der Waals surface area contributed by atoms with E-state index >= 15 is 0 Å². The van der Waals surface area contributed by atoms with Gasteiger partial charge in [-0.3, -0.25) is 4.79 Å². The van der Waals surface area contributed by atoms with E-state index in [2.05, 4.69) is 23.5 Å². The maximum absolute atomic E-state index is 12.1.